The summed E-state index contributed by atoms with van der Waals surface area (Å²) in [5.74, 6) is -0.172. The standard InChI is InChI=1S/C19H19ClN2O2/c1-2-18(23)22-16-6-4-3-5-14(16)11-17(22)19(24)21-12-13-7-9-15(20)10-8-13/h3-10,17H,2,11-12H2,1H3,(H,21,24)/t17-/m0/s1. The van der Waals surface area contributed by atoms with E-state index < -0.39 is 6.04 Å². The minimum Gasteiger partial charge on any atom is -0.350 e. The van der Waals surface area contributed by atoms with Gasteiger partial charge >= 0.3 is 0 Å². The zero-order valence-corrected chi connectivity index (χ0v) is 14.2. The fraction of sp³-hybridized carbons (Fsp3) is 0.263. The monoisotopic (exact) mass is 342 g/mol. The van der Waals surface area contributed by atoms with Crippen molar-refractivity contribution in [2.75, 3.05) is 4.90 Å². The Hall–Kier alpha value is -2.33. The van der Waals surface area contributed by atoms with E-state index in [1.165, 1.54) is 0 Å². The van der Waals surface area contributed by atoms with Crippen LogP contribution in [0.1, 0.15) is 24.5 Å². The van der Waals surface area contributed by atoms with Gasteiger partial charge in [-0.25, -0.2) is 0 Å². The minimum absolute atomic E-state index is 0.0356. The van der Waals surface area contributed by atoms with Crippen LogP contribution in [0.5, 0.6) is 0 Å². The molecule has 4 nitrogen and oxygen atoms in total. The number of carbonyl (C=O) groups is 2. The van der Waals surface area contributed by atoms with E-state index in [1.54, 1.807) is 17.0 Å². The van der Waals surface area contributed by atoms with Crippen LogP contribution in [-0.4, -0.2) is 17.9 Å². The molecule has 124 valence electrons. The van der Waals surface area contributed by atoms with Crippen molar-refractivity contribution in [3.63, 3.8) is 0 Å². The van der Waals surface area contributed by atoms with Crippen LogP contribution in [-0.2, 0) is 22.6 Å². The number of nitrogens with one attached hydrogen (secondary N) is 1. The Kier molecular flexibility index (Phi) is 4.86. The molecule has 24 heavy (non-hydrogen) atoms. The quantitative estimate of drug-likeness (QED) is 0.926. The van der Waals surface area contributed by atoms with Gasteiger partial charge in [-0.3, -0.25) is 14.5 Å². The lowest BCUT2D eigenvalue weighted by Gasteiger charge is -2.24. The number of fused-ring (bicyclic) bond motifs is 1. The molecule has 0 spiro atoms. The first-order valence-electron chi connectivity index (χ1n) is 8.02. The average molecular weight is 343 g/mol. The molecule has 1 atom stereocenters. The van der Waals surface area contributed by atoms with Gasteiger partial charge in [0.1, 0.15) is 6.04 Å². The minimum atomic E-state index is -0.484. The Labute approximate surface area is 146 Å². The van der Waals surface area contributed by atoms with Crippen LogP contribution in [0.2, 0.25) is 5.02 Å². The van der Waals surface area contributed by atoms with Gasteiger partial charge in [-0.2, -0.15) is 0 Å². The predicted octanol–water partition coefficient (Wildman–Crippen LogP) is 3.32. The Morgan fingerprint density at radius 2 is 1.88 bits per heavy atom. The summed E-state index contributed by atoms with van der Waals surface area (Å²) in [5.41, 5.74) is 2.85. The molecule has 0 aromatic heterocycles. The third-order valence-electron chi connectivity index (χ3n) is 4.23. The van der Waals surface area contributed by atoms with E-state index in [0.717, 1.165) is 16.8 Å². The summed E-state index contributed by atoms with van der Waals surface area (Å²) in [6.07, 6.45) is 0.920. The van der Waals surface area contributed by atoms with Gasteiger partial charge in [0, 0.05) is 30.1 Å². The van der Waals surface area contributed by atoms with Crippen molar-refractivity contribution in [3.8, 4) is 0 Å². The first-order valence-corrected chi connectivity index (χ1v) is 8.40. The van der Waals surface area contributed by atoms with Gasteiger partial charge in [-0.15, -0.1) is 0 Å². The summed E-state index contributed by atoms with van der Waals surface area (Å²) in [7, 11) is 0. The lowest BCUT2D eigenvalue weighted by atomic mass is 10.1. The second kappa shape index (κ2) is 7.05. The molecule has 0 radical (unpaired) electrons. The summed E-state index contributed by atoms with van der Waals surface area (Å²) in [4.78, 5) is 26.6. The van der Waals surface area contributed by atoms with E-state index in [2.05, 4.69) is 5.32 Å². The van der Waals surface area contributed by atoms with E-state index in [4.69, 9.17) is 11.6 Å². The fourth-order valence-corrected chi connectivity index (χ4v) is 3.11. The zero-order valence-electron chi connectivity index (χ0n) is 13.5. The number of nitrogens with zero attached hydrogens (tertiary/aromatic N) is 1. The molecule has 5 heteroatoms. The average Bonchev–Trinajstić information content (AvgIpc) is 3.00. The smallest absolute Gasteiger partial charge is 0.243 e. The molecular weight excluding hydrogens is 324 g/mol. The highest BCUT2D eigenvalue weighted by Gasteiger charge is 2.37. The van der Waals surface area contributed by atoms with E-state index in [-0.39, 0.29) is 11.8 Å². The van der Waals surface area contributed by atoms with Crippen LogP contribution in [0.4, 0.5) is 5.69 Å². The molecule has 1 aliphatic heterocycles. The fourth-order valence-electron chi connectivity index (χ4n) is 2.98. The number of hydrogen-bond donors (Lipinski definition) is 1. The molecule has 1 N–H and O–H groups in total. The van der Waals surface area contributed by atoms with Crippen molar-refractivity contribution in [1.29, 1.82) is 0 Å². The van der Waals surface area contributed by atoms with Crippen LogP contribution >= 0.6 is 11.6 Å². The molecule has 2 aromatic rings. The molecule has 1 heterocycles. The van der Waals surface area contributed by atoms with Crippen LogP contribution in [0.25, 0.3) is 0 Å². The molecule has 3 rings (SSSR count). The number of benzene rings is 2. The van der Waals surface area contributed by atoms with Gasteiger partial charge < -0.3 is 5.32 Å². The number of halogens is 1. The van der Waals surface area contributed by atoms with Gasteiger partial charge in [0.05, 0.1) is 0 Å². The van der Waals surface area contributed by atoms with Crippen molar-refractivity contribution in [2.45, 2.75) is 32.4 Å². The third kappa shape index (κ3) is 3.29. The van der Waals surface area contributed by atoms with E-state index in [9.17, 15) is 9.59 Å². The number of rotatable bonds is 4. The van der Waals surface area contributed by atoms with Gasteiger partial charge in [-0.05, 0) is 29.3 Å². The second-order valence-electron chi connectivity index (χ2n) is 5.81. The Balaban J connectivity index is 1.74. The number of anilines is 1. The Morgan fingerprint density at radius 3 is 2.58 bits per heavy atom. The van der Waals surface area contributed by atoms with Crippen molar-refractivity contribution in [1.82, 2.24) is 5.32 Å². The van der Waals surface area contributed by atoms with Gasteiger partial charge in [0.25, 0.3) is 0 Å². The number of hydrogen-bond acceptors (Lipinski definition) is 2. The van der Waals surface area contributed by atoms with Crippen molar-refractivity contribution >= 4 is 29.1 Å². The summed E-state index contributed by atoms with van der Waals surface area (Å²) in [6.45, 7) is 2.23. The van der Waals surface area contributed by atoms with E-state index >= 15 is 0 Å². The maximum absolute atomic E-state index is 12.7. The summed E-state index contributed by atoms with van der Waals surface area (Å²) < 4.78 is 0. The predicted molar refractivity (Wildman–Crippen MR) is 95.0 cm³/mol. The molecule has 2 amide bonds. The first kappa shape index (κ1) is 16.5. The maximum Gasteiger partial charge on any atom is 0.243 e. The van der Waals surface area contributed by atoms with Crippen molar-refractivity contribution < 1.29 is 9.59 Å². The number of carbonyl (C=O) groups excluding carboxylic acids is 2. The highest BCUT2D eigenvalue weighted by molar-refractivity contribution is 6.30. The molecule has 0 saturated carbocycles. The lowest BCUT2D eigenvalue weighted by molar-refractivity contribution is -0.126. The maximum atomic E-state index is 12.7. The van der Waals surface area contributed by atoms with Crippen LogP contribution in [0.15, 0.2) is 48.5 Å². The highest BCUT2D eigenvalue weighted by Crippen LogP contribution is 2.32. The first-order chi connectivity index (χ1) is 11.6. The highest BCUT2D eigenvalue weighted by atomic mass is 35.5. The topological polar surface area (TPSA) is 49.4 Å². The number of amides is 2. The molecule has 0 saturated heterocycles. The normalized spacial score (nSPS) is 15.9. The molecular formula is C19H19ClN2O2. The third-order valence-corrected chi connectivity index (χ3v) is 4.48. The molecule has 0 unspecified atom stereocenters. The SMILES string of the molecule is CCC(=O)N1c2ccccc2C[C@H]1C(=O)NCc1ccc(Cl)cc1. The van der Waals surface area contributed by atoms with Gasteiger partial charge in [0.2, 0.25) is 11.8 Å². The molecule has 0 bridgehead atoms. The van der Waals surface area contributed by atoms with Gasteiger partial charge in [0.15, 0.2) is 0 Å². The second-order valence-corrected chi connectivity index (χ2v) is 6.25. The number of para-hydroxylation sites is 1. The largest absolute Gasteiger partial charge is 0.350 e. The van der Waals surface area contributed by atoms with Crippen molar-refractivity contribution in [2.24, 2.45) is 0 Å². The Bertz CT molecular complexity index is 758. The van der Waals surface area contributed by atoms with E-state index in [0.29, 0.717) is 24.4 Å². The Morgan fingerprint density at radius 1 is 1.17 bits per heavy atom. The summed E-state index contributed by atoms with van der Waals surface area (Å²) in [6, 6.07) is 14.5. The van der Waals surface area contributed by atoms with Crippen LogP contribution < -0.4 is 10.2 Å². The lowest BCUT2D eigenvalue weighted by Crippen LogP contribution is -2.47. The zero-order chi connectivity index (χ0) is 17.1. The molecule has 0 fully saturated rings. The van der Waals surface area contributed by atoms with Gasteiger partial charge in [-0.1, -0.05) is 48.9 Å². The molecule has 0 aliphatic carbocycles. The van der Waals surface area contributed by atoms with Crippen LogP contribution in [0.3, 0.4) is 0 Å². The summed E-state index contributed by atoms with van der Waals surface area (Å²) >= 11 is 5.87. The van der Waals surface area contributed by atoms with Crippen LogP contribution in [0, 0.1) is 0 Å². The van der Waals surface area contributed by atoms with Crippen molar-refractivity contribution in [3.05, 3.63) is 64.7 Å². The van der Waals surface area contributed by atoms with E-state index in [1.807, 2.05) is 43.3 Å². The molecule has 1 aliphatic rings. The summed E-state index contributed by atoms with van der Waals surface area (Å²) in [5, 5.41) is 3.59. The molecule has 2 aromatic carbocycles.